The van der Waals surface area contributed by atoms with Crippen LogP contribution in [0, 0.1) is 0 Å². The minimum atomic E-state index is -1.33. The van der Waals surface area contributed by atoms with Crippen LogP contribution in [-0.2, 0) is 4.74 Å². The Morgan fingerprint density at radius 3 is 2.56 bits per heavy atom. The number of aromatic amines is 1. The summed E-state index contributed by atoms with van der Waals surface area (Å²) in [5.74, 6) is -0.193. The minimum Gasteiger partial charge on any atom is -0.453 e. The molecule has 8 heteroatoms. The molecule has 1 aromatic heterocycles. The van der Waals surface area contributed by atoms with E-state index in [1.165, 1.54) is 10.9 Å². The summed E-state index contributed by atoms with van der Waals surface area (Å²) in [6.45, 7) is 5.06. The molecule has 0 spiro atoms. The van der Waals surface area contributed by atoms with Crippen LogP contribution in [-0.4, -0.2) is 34.0 Å². The van der Waals surface area contributed by atoms with Gasteiger partial charge in [-0.25, -0.2) is 9.59 Å². The van der Waals surface area contributed by atoms with E-state index in [-0.39, 0.29) is 5.96 Å². The second-order valence-corrected chi connectivity index (χ2v) is 4.35. The first-order chi connectivity index (χ1) is 8.28. The largest absolute Gasteiger partial charge is 0.514 e. The first kappa shape index (κ1) is 13.7. The number of carbonyl (C=O) groups is 2. The second kappa shape index (κ2) is 5.30. The molecule has 0 aliphatic carbocycles. The highest BCUT2D eigenvalue weighted by atomic mass is 16.6. The van der Waals surface area contributed by atoms with Gasteiger partial charge < -0.3 is 9.84 Å². The summed E-state index contributed by atoms with van der Waals surface area (Å²) in [5.41, 5.74) is -0.699. The molecule has 1 rings (SSSR count). The van der Waals surface area contributed by atoms with E-state index in [1.54, 1.807) is 33.0 Å². The lowest BCUT2D eigenvalue weighted by molar-refractivity contribution is -0.620. The number of aromatic nitrogens is 2. The molecule has 0 saturated heterocycles. The molecule has 0 radical (unpaired) electrons. The van der Waals surface area contributed by atoms with Crippen molar-refractivity contribution in [2.24, 2.45) is 4.99 Å². The van der Waals surface area contributed by atoms with Crippen molar-refractivity contribution >= 4 is 18.1 Å². The summed E-state index contributed by atoms with van der Waals surface area (Å²) in [6.07, 6.45) is 0.834. The topological polar surface area (TPSA) is 108 Å². The van der Waals surface area contributed by atoms with Gasteiger partial charge in [0.15, 0.2) is 0 Å². The van der Waals surface area contributed by atoms with Crippen molar-refractivity contribution < 1.29 is 24.1 Å². The zero-order chi connectivity index (χ0) is 13.8. The van der Waals surface area contributed by atoms with E-state index >= 15 is 0 Å². The van der Waals surface area contributed by atoms with Crippen molar-refractivity contribution in [3.63, 3.8) is 0 Å². The third kappa shape index (κ3) is 4.64. The highest BCUT2D eigenvalue weighted by Gasteiger charge is 2.24. The van der Waals surface area contributed by atoms with Gasteiger partial charge in [0, 0.05) is 11.2 Å². The van der Waals surface area contributed by atoms with E-state index in [0.29, 0.717) is 0 Å². The number of nitrogens with zero attached hydrogens (tertiary/aromatic N) is 2. The molecule has 0 fully saturated rings. The number of carboxylic acid groups (broad SMARTS) is 1. The number of hydrogen-bond donors (Lipinski definition) is 3. The summed E-state index contributed by atoms with van der Waals surface area (Å²) in [5, 5.41) is 13.3. The zero-order valence-electron chi connectivity index (χ0n) is 10.3. The molecular weight excluding hydrogens is 240 g/mol. The lowest BCUT2D eigenvalue weighted by Crippen LogP contribution is -2.54. The SMILES string of the molecule is CC(C)(C)OC(=O)/N=C(\NC(=O)O)[n+]1ccc[nH]1. The maximum absolute atomic E-state index is 11.5. The number of carbonyl (C=O) groups excluding carboxylic acids is 1. The molecule has 0 aromatic carbocycles. The highest BCUT2D eigenvalue weighted by molar-refractivity contribution is 5.93. The van der Waals surface area contributed by atoms with E-state index in [1.807, 2.05) is 5.32 Å². The molecule has 1 heterocycles. The summed E-state index contributed by atoms with van der Waals surface area (Å²) < 4.78 is 6.20. The Bertz CT molecular complexity index is 459. The van der Waals surface area contributed by atoms with Gasteiger partial charge >= 0.3 is 18.1 Å². The van der Waals surface area contributed by atoms with Crippen LogP contribution in [0.15, 0.2) is 23.5 Å². The Morgan fingerprint density at radius 1 is 1.44 bits per heavy atom. The molecule has 18 heavy (non-hydrogen) atoms. The fourth-order valence-corrected chi connectivity index (χ4v) is 1.04. The lowest BCUT2D eigenvalue weighted by atomic mass is 10.2. The average molecular weight is 255 g/mol. The van der Waals surface area contributed by atoms with Gasteiger partial charge in [-0.3, -0.25) is 5.10 Å². The predicted molar refractivity (Wildman–Crippen MR) is 61.2 cm³/mol. The Balaban J connectivity index is 2.90. The quantitative estimate of drug-likeness (QED) is 0.360. The molecule has 0 atom stereocenters. The van der Waals surface area contributed by atoms with Crippen molar-refractivity contribution in [2.75, 3.05) is 0 Å². The first-order valence-corrected chi connectivity index (χ1v) is 5.15. The highest BCUT2D eigenvalue weighted by Crippen LogP contribution is 2.07. The molecule has 0 aliphatic heterocycles. The zero-order valence-corrected chi connectivity index (χ0v) is 10.3. The van der Waals surface area contributed by atoms with E-state index in [4.69, 9.17) is 9.84 Å². The molecule has 98 valence electrons. The predicted octanol–water partition coefficient (Wildman–Crippen LogP) is 0.709. The van der Waals surface area contributed by atoms with Crippen LogP contribution in [0.25, 0.3) is 0 Å². The van der Waals surface area contributed by atoms with Gasteiger partial charge in [0.2, 0.25) is 0 Å². The number of hydrogen-bond acceptors (Lipinski definition) is 3. The number of nitrogens with one attached hydrogen (secondary N) is 2. The van der Waals surface area contributed by atoms with E-state index < -0.39 is 17.8 Å². The monoisotopic (exact) mass is 255 g/mol. The van der Waals surface area contributed by atoms with Crippen molar-refractivity contribution in [1.82, 2.24) is 10.4 Å². The number of ether oxygens (including phenoxy) is 1. The normalized spacial score (nSPS) is 12.1. The Morgan fingerprint density at radius 2 is 2.11 bits per heavy atom. The van der Waals surface area contributed by atoms with Crippen LogP contribution in [0.2, 0.25) is 0 Å². The molecule has 0 unspecified atom stereocenters. The second-order valence-electron chi connectivity index (χ2n) is 4.35. The first-order valence-electron chi connectivity index (χ1n) is 5.15. The van der Waals surface area contributed by atoms with Crippen LogP contribution < -0.4 is 10.00 Å². The molecule has 2 amide bonds. The summed E-state index contributed by atoms with van der Waals surface area (Å²) in [7, 11) is 0. The summed E-state index contributed by atoms with van der Waals surface area (Å²) in [6, 6.07) is 1.62. The Kier molecular flexibility index (Phi) is 4.03. The summed E-state index contributed by atoms with van der Waals surface area (Å²) >= 11 is 0. The van der Waals surface area contributed by atoms with Crippen LogP contribution in [0.5, 0.6) is 0 Å². The fraction of sp³-hybridized carbons (Fsp3) is 0.400. The van der Waals surface area contributed by atoms with Crippen LogP contribution in [0.3, 0.4) is 0 Å². The standard InChI is InChI=1S/C10H14N4O4/c1-10(2,3)18-9(17)13-7(12-8(15)16)14-6-4-5-11-14/h4-6H,1-3H3,(H2,12,13,15,16,17)/p+1. The summed E-state index contributed by atoms with van der Waals surface area (Å²) in [4.78, 5) is 25.6. The molecule has 1 aromatic rings. The smallest absolute Gasteiger partial charge is 0.453 e. The lowest BCUT2D eigenvalue weighted by Gasteiger charge is -2.15. The van der Waals surface area contributed by atoms with Gasteiger partial charge in [0.05, 0.1) is 6.20 Å². The van der Waals surface area contributed by atoms with E-state index in [9.17, 15) is 9.59 Å². The fourth-order valence-electron chi connectivity index (χ4n) is 1.04. The third-order valence-electron chi connectivity index (χ3n) is 1.58. The van der Waals surface area contributed by atoms with Gasteiger partial charge in [-0.15, -0.1) is 4.68 Å². The van der Waals surface area contributed by atoms with Crippen LogP contribution in [0.4, 0.5) is 9.59 Å². The van der Waals surface area contributed by atoms with E-state index in [0.717, 1.165) is 0 Å². The van der Waals surface area contributed by atoms with Gasteiger partial charge in [0.25, 0.3) is 0 Å². The molecule has 8 nitrogen and oxygen atoms in total. The molecular formula is C10H15N4O4+. The van der Waals surface area contributed by atoms with E-state index in [2.05, 4.69) is 10.1 Å². The van der Waals surface area contributed by atoms with Gasteiger partial charge in [-0.2, -0.15) is 5.32 Å². The van der Waals surface area contributed by atoms with Crippen molar-refractivity contribution in [2.45, 2.75) is 26.4 Å². The maximum atomic E-state index is 11.5. The van der Waals surface area contributed by atoms with Crippen LogP contribution in [0.1, 0.15) is 20.8 Å². The number of H-pyrrole nitrogens is 1. The van der Waals surface area contributed by atoms with Crippen molar-refractivity contribution in [3.8, 4) is 0 Å². The Labute approximate surface area is 103 Å². The third-order valence-corrected chi connectivity index (χ3v) is 1.58. The van der Waals surface area contributed by atoms with Gasteiger partial charge in [-0.1, -0.05) is 0 Å². The van der Waals surface area contributed by atoms with Crippen LogP contribution >= 0.6 is 0 Å². The van der Waals surface area contributed by atoms with Crippen molar-refractivity contribution in [3.05, 3.63) is 18.5 Å². The molecule has 0 aliphatic rings. The Hall–Kier alpha value is -2.38. The number of amides is 2. The number of rotatable bonds is 0. The van der Waals surface area contributed by atoms with Crippen molar-refractivity contribution in [1.29, 1.82) is 0 Å². The molecule has 0 bridgehead atoms. The maximum Gasteiger partial charge on any atom is 0.514 e. The van der Waals surface area contributed by atoms with Gasteiger partial charge in [0.1, 0.15) is 5.60 Å². The molecule has 0 saturated carbocycles. The van der Waals surface area contributed by atoms with Gasteiger partial charge in [-0.05, 0) is 26.8 Å². The molecule has 3 N–H and O–H groups in total. The minimum absolute atomic E-state index is 0.193. The average Bonchev–Trinajstić information content (AvgIpc) is 2.64. The number of aliphatic imine (C=N–C) groups is 1.